The Balaban J connectivity index is 3.10. The lowest BCUT2D eigenvalue weighted by molar-refractivity contribution is 0.363. The summed E-state index contributed by atoms with van der Waals surface area (Å²) in [5.41, 5.74) is 1.07. The van der Waals surface area contributed by atoms with Gasteiger partial charge < -0.3 is 0 Å². The van der Waals surface area contributed by atoms with Crippen LogP contribution in [0.3, 0.4) is 0 Å². The summed E-state index contributed by atoms with van der Waals surface area (Å²) in [4.78, 5) is 28.4. The monoisotopic (exact) mass is 251 g/mol. The number of benzene rings is 1. The van der Waals surface area contributed by atoms with E-state index in [0.717, 1.165) is 10.5 Å². The van der Waals surface area contributed by atoms with Crippen LogP contribution in [0.25, 0.3) is 0 Å². The topological polar surface area (TPSA) is 60.7 Å². The van der Waals surface area contributed by atoms with Crippen LogP contribution in [0.4, 0.5) is 0 Å². The summed E-state index contributed by atoms with van der Waals surface area (Å²) in [5.74, 6) is 0. The van der Waals surface area contributed by atoms with Gasteiger partial charge in [-0.3, -0.25) is 14.7 Å². The molecule has 0 aromatic heterocycles. The summed E-state index contributed by atoms with van der Waals surface area (Å²) in [6.07, 6.45) is 1.98. The summed E-state index contributed by atoms with van der Waals surface area (Å²) in [7, 11) is 0.703. The lowest BCUT2D eigenvalue weighted by Crippen LogP contribution is -1.83. The highest BCUT2D eigenvalue weighted by molar-refractivity contribution is 8.16. The van der Waals surface area contributed by atoms with Crippen molar-refractivity contribution in [3.8, 4) is 0 Å². The SMILES string of the molecule is CSc1ccc([S+]=P(O)(O)O)cc1C. The minimum atomic E-state index is -3.77. The molecule has 0 bridgehead atoms. The van der Waals surface area contributed by atoms with E-state index in [1.807, 2.05) is 25.3 Å². The Bertz CT molecular complexity index is 378. The lowest BCUT2D eigenvalue weighted by Gasteiger charge is -1.98. The Morgan fingerprint density at radius 3 is 2.36 bits per heavy atom. The van der Waals surface area contributed by atoms with E-state index in [-0.39, 0.29) is 0 Å². The molecule has 0 aliphatic carbocycles. The Morgan fingerprint density at radius 1 is 1.29 bits per heavy atom. The van der Waals surface area contributed by atoms with Crippen molar-refractivity contribution in [3.05, 3.63) is 23.8 Å². The molecule has 0 spiro atoms. The van der Waals surface area contributed by atoms with Gasteiger partial charge in [0.2, 0.25) is 4.90 Å². The fraction of sp³-hybridized carbons (Fsp3) is 0.250. The molecule has 3 nitrogen and oxygen atoms in total. The number of hydrogen-bond donors (Lipinski definition) is 3. The molecule has 0 aliphatic heterocycles. The summed E-state index contributed by atoms with van der Waals surface area (Å²) in [6, 6.07) is 5.49. The maximum atomic E-state index is 8.87. The van der Waals surface area contributed by atoms with E-state index in [9.17, 15) is 0 Å². The van der Waals surface area contributed by atoms with E-state index in [1.165, 1.54) is 0 Å². The van der Waals surface area contributed by atoms with Crippen LogP contribution in [0.2, 0.25) is 0 Å². The minimum absolute atomic E-state index is 0.668. The maximum absolute atomic E-state index is 8.87. The van der Waals surface area contributed by atoms with Crippen molar-refractivity contribution in [2.75, 3.05) is 6.26 Å². The van der Waals surface area contributed by atoms with Gasteiger partial charge >= 0.3 is 6.72 Å². The van der Waals surface area contributed by atoms with Crippen molar-refractivity contribution in [3.63, 3.8) is 0 Å². The molecule has 1 aromatic carbocycles. The molecule has 0 radical (unpaired) electrons. The molecule has 0 saturated heterocycles. The van der Waals surface area contributed by atoms with Gasteiger partial charge in [0, 0.05) is 17.0 Å². The molecule has 3 N–H and O–H groups in total. The molecule has 0 aliphatic rings. The van der Waals surface area contributed by atoms with Crippen LogP contribution in [0.15, 0.2) is 28.0 Å². The van der Waals surface area contributed by atoms with Crippen molar-refractivity contribution < 1.29 is 14.7 Å². The van der Waals surface area contributed by atoms with Gasteiger partial charge in [-0.05, 0) is 24.8 Å². The van der Waals surface area contributed by atoms with Crippen LogP contribution in [-0.2, 0) is 10.9 Å². The second-order valence-corrected chi connectivity index (χ2v) is 7.28. The van der Waals surface area contributed by atoms with E-state index >= 15 is 0 Å². The van der Waals surface area contributed by atoms with Gasteiger partial charge in [-0.25, -0.2) is 0 Å². The van der Waals surface area contributed by atoms with Crippen LogP contribution < -0.4 is 0 Å². The molecule has 0 amide bonds. The van der Waals surface area contributed by atoms with E-state index in [0.29, 0.717) is 15.8 Å². The van der Waals surface area contributed by atoms with E-state index in [1.54, 1.807) is 17.8 Å². The van der Waals surface area contributed by atoms with Crippen molar-refractivity contribution >= 4 is 29.4 Å². The van der Waals surface area contributed by atoms with Crippen LogP contribution in [0.5, 0.6) is 0 Å². The molecule has 78 valence electrons. The average molecular weight is 251 g/mol. The highest BCUT2D eigenvalue weighted by Crippen LogP contribution is 2.34. The number of hydrogen-bond acceptors (Lipinski definition) is 1. The Hall–Kier alpha value is 0.100. The lowest BCUT2D eigenvalue weighted by atomic mass is 10.2. The molecule has 1 aromatic rings. The largest absolute Gasteiger partial charge is 0.521 e. The summed E-state index contributed by atoms with van der Waals surface area (Å²) < 4.78 is 0. The predicted molar refractivity (Wildman–Crippen MR) is 62.2 cm³/mol. The zero-order valence-electron chi connectivity index (χ0n) is 7.84. The van der Waals surface area contributed by atoms with Gasteiger partial charge in [0.15, 0.2) is 0 Å². The molecule has 0 heterocycles. The normalized spacial score (nSPS) is 11.5. The first-order chi connectivity index (χ1) is 6.42. The molecule has 0 fully saturated rings. The van der Waals surface area contributed by atoms with Crippen molar-refractivity contribution in [1.29, 1.82) is 0 Å². The predicted octanol–water partition coefficient (Wildman–Crippen LogP) is 1.81. The molecule has 1 rings (SSSR count). The third-order valence-electron chi connectivity index (χ3n) is 1.59. The van der Waals surface area contributed by atoms with Gasteiger partial charge in [0.1, 0.15) is 0 Å². The first-order valence-electron chi connectivity index (χ1n) is 3.84. The first-order valence-corrected chi connectivity index (χ1v) is 8.13. The molecule has 0 saturated carbocycles. The Morgan fingerprint density at radius 2 is 1.93 bits per heavy atom. The summed E-state index contributed by atoms with van der Waals surface area (Å²) >= 11 is 1.63. The highest BCUT2D eigenvalue weighted by Gasteiger charge is 2.21. The molecular formula is C8H12O3PS2+. The third-order valence-corrected chi connectivity index (χ3v) is 4.57. The molecular weight excluding hydrogens is 239 g/mol. The second kappa shape index (κ2) is 4.75. The van der Waals surface area contributed by atoms with Gasteiger partial charge in [-0.1, -0.05) is 0 Å². The highest BCUT2D eigenvalue weighted by atomic mass is 32.5. The summed E-state index contributed by atoms with van der Waals surface area (Å²) in [6.45, 7) is -1.82. The molecule has 0 unspecified atom stereocenters. The van der Waals surface area contributed by atoms with Gasteiger partial charge in [0.05, 0.1) is 0 Å². The van der Waals surface area contributed by atoms with E-state index < -0.39 is 6.72 Å². The van der Waals surface area contributed by atoms with Crippen molar-refractivity contribution in [2.45, 2.75) is 16.7 Å². The van der Waals surface area contributed by atoms with E-state index in [4.69, 9.17) is 14.7 Å². The Labute approximate surface area is 91.0 Å². The first kappa shape index (κ1) is 12.2. The number of rotatable bonds is 2. The van der Waals surface area contributed by atoms with Gasteiger partial charge in [-0.15, -0.1) is 11.8 Å². The fourth-order valence-corrected chi connectivity index (χ4v) is 3.46. The smallest absolute Gasteiger partial charge is 0.289 e. The molecule has 14 heavy (non-hydrogen) atoms. The van der Waals surface area contributed by atoms with E-state index in [2.05, 4.69) is 0 Å². The van der Waals surface area contributed by atoms with Crippen LogP contribution in [0, 0.1) is 6.92 Å². The van der Waals surface area contributed by atoms with Crippen LogP contribution in [-0.4, -0.2) is 20.9 Å². The average Bonchev–Trinajstić information content (AvgIpc) is 2.01. The standard InChI is InChI=1S/C8H12O3PS2/c1-6-5-7(14-12(9,10)11)3-4-8(6)13-2/h3-5,9-11H,1-2H3/q+1. The van der Waals surface area contributed by atoms with Gasteiger partial charge in [0.25, 0.3) is 10.9 Å². The minimum Gasteiger partial charge on any atom is -0.289 e. The zero-order chi connectivity index (χ0) is 10.8. The Kier molecular flexibility index (Phi) is 4.13. The van der Waals surface area contributed by atoms with Crippen LogP contribution >= 0.6 is 18.5 Å². The van der Waals surface area contributed by atoms with Crippen molar-refractivity contribution in [2.24, 2.45) is 0 Å². The molecule has 6 heteroatoms. The number of thioether (sulfide) groups is 1. The maximum Gasteiger partial charge on any atom is 0.521 e. The quantitative estimate of drug-likeness (QED) is 0.426. The van der Waals surface area contributed by atoms with Gasteiger partial charge in [-0.2, -0.15) is 0 Å². The summed E-state index contributed by atoms with van der Waals surface area (Å²) in [5, 5.41) is 0. The third kappa shape index (κ3) is 3.69. The second-order valence-electron chi connectivity index (χ2n) is 2.74. The molecule has 0 atom stereocenters. The number of aryl methyl sites for hydroxylation is 1. The zero-order valence-corrected chi connectivity index (χ0v) is 10.4. The van der Waals surface area contributed by atoms with Crippen molar-refractivity contribution in [1.82, 2.24) is 0 Å². The van der Waals surface area contributed by atoms with Crippen LogP contribution in [0.1, 0.15) is 5.56 Å². The fourth-order valence-electron chi connectivity index (χ4n) is 1.05.